The first-order valence-corrected chi connectivity index (χ1v) is 19.7. The van der Waals surface area contributed by atoms with E-state index in [0.29, 0.717) is 25.2 Å². The SMILES string of the molecule is CS(=O)(=O)N[C@H](CCC1CCNCC1)C(=O)N1C[C@H](OCc2ccc(S(C)(=O)=O)cc2)C[C@H]1C(=O)NCC1=CCC(C(=N)N)S1. The molecule has 13 nitrogen and oxygen atoms in total. The van der Waals surface area contributed by atoms with E-state index in [1.807, 2.05) is 6.08 Å². The van der Waals surface area contributed by atoms with Crippen molar-refractivity contribution in [1.82, 2.24) is 20.3 Å². The van der Waals surface area contributed by atoms with E-state index in [9.17, 15) is 26.4 Å². The van der Waals surface area contributed by atoms with Crippen LogP contribution in [0.1, 0.15) is 44.1 Å². The molecular weight excluding hydrogens is 641 g/mol. The molecule has 2 saturated heterocycles. The largest absolute Gasteiger partial charge is 0.387 e. The van der Waals surface area contributed by atoms with Gasteiger partial charge in [-0.15, -0.1) is 11.8 Å². The van der Waals surface area contributed by atoms with Crippen LogP contribution in [0, 0.1) is 11.3 Å². The lowest BCUT2D eigenvalue weighted by Crippen LogP contribution is -2.53. The van der Waals surface area contributed by atoms with E-state index < -0.39 is 44.0 Å². The second-order valence-corrected chi connectivity index (χ2v) is 17.1. The van der Waals surface area contributed by atoms with Gasteiger partial charge in [0.25, 0.3) is 0 Å². The number of hydrogen-bond donors (Lipinski definition) is 5. The molecule has 0 aliphatic carbocycles. The molecule has 250 valence electrons. The maximum Gasteiger partial charge on any atom is 0.243 e. The average Bonchev–Trinajstić information content (AvgIpc) is 3.64. The number of nitrogens with two attached hydrogens (primary N) is 1. The van der Waals surface area contributed by atoms with Crippen molar-refractivity contribution < 1.29 is 31.2 Å². The number of thioether (sulfide) groups is 1. The number of amidine groups is 1. The van der Waals surface area contributed by atoms with Gasteiger partial charge in [-0.1, -0.05) is 18.2 Å². The Kier molecular flexibility index (Phi) is 12.1. The number of rotatable bonds is 14. The maximum atomic E-state index is 14.0. The van der Waals surface area contributed by atoms with Crippen LogP contribution in [0.4, 0.5) is 0 Å². The van der Waals surface area contributed by atoms with Gasteiger partial charge in [-0.2, -0.15) is 0 Å². The Bertz CT molecular complexity index is 1480. The van der Waals surface area contributed by atoms with Gasteiger partial charge in [-0.05, 0) is 68.8 Å². The summed E-state index contributed by atoms with van der Waals surface area (Å²) in [5, 5.41) is 13.7. The van der Waals surface area contributed by atoms with Crippen molar-refractivity contribution in [2.75, 3.05) is 38.7 Å². The van der Waals surface area contributed by atoms with Crippen LogP contribution in [0.15, 0.2) is 40.1 Å². The Balaban J connectivity index is 1.47. The summed E-state index contributed by atoms with van der Waals surface area (Å²) >= 11 is 1.42. The van der Waals surface area contributed by atoms with Gasteiger partial charge in [-0.3, -0.25) is 15.0 Å². The fraction of sp³-hybridized carbons (Fsp3) is 0.621. The molecule has 4 atom stereocenters. The van der Waals surface area contributed by atoms with Crippen molar-refractivity contribution in [3.05, 3.63) is 40.8 Å². The molecule has 1 aromatic carbocycles. The molecule has 45 heavy (non-hydrogen) atoms. The number of carbonyl (C=O) groups is 2. The van der Waals surface area contributed by atoms with Crippen molar-refractivity contribution in [3.63, 3.8) is 0 Å². The number of hydrogen-bond acceptors (Lipinski definition) is 10. The smallest absolute Gasteiger partial charge is 0.243 e. The minimum atomic E-state index is -3.72. The standard InChI is InChI=1S/C29H44N6O7S3/c1-44(38,39)23-7-3-20(4-8-23)18-42-21-15-25(28(36)33-16-22-6-10-26(43-22)27(30)31)35(17-21)29(37)24(34-45(2,40)41)9-5-19-11-13-32-14-12-19/h3-4,6-8,19,21,24-26,32,34H,5,9-18H2,1-2H3,(H3,30,31)(H,33,36)/t21-,24-,25+,26?/m1/s1. The fourth-order valence-corrected chi connectivity index (χ4v) is 8.23. The first-order valence-electron chi connectivity index (χ1n) is 15.1. The van der Waals surface area contributed by atoms with Gasteiger partial charge in [-0.25, -0.2) is 21.6 Å². The molecule has 0 bridgehead atoms. The van der Waals surface area contributed by atoms with Crippen LogP contribution in [0.3, 0.4) is 0 Å². The molecule has 1 unspecified atom stereocenters. The molecule has 3 aliphatic rings. The van der Waals surface area contributed by atoms with E-state index in [1.54, 1.807) is 12.1 Å². The molecule has 3 aliphatic heterocycles. The minimum Gasteiger partial charge on any atom is -0.387 e. The quantitative estimate of drug-likeness (QED) is 0.137. The highest BCUT2D eigenvalue weighted by atomic mass is 32.2. The molecule has 0 aromatic heterocycles. The van der Waals surface area contributed by atoms with E-state index in [1.165, 1.54) is 28.8 Å². The maximum absolute atomic E-state index is 14.0. The summed E-state index contributed by atoms with van der Waals surface area (Å²) < 4.78 is 56.8. The van der Waals surface area contributed by atoms with Gasteiger partial charge >= 0.3 is 0 Å². The van der Waals surface area contributed by atoms with Gasteiger partial charge in [0, 0.05) is 30.7 Å². The lowest BCUT2D eigenvalue weighted by atomic mass is 9.91. The van der Waals surface area contributed by atoms with Gasteiger partial charge in [0.2, 0.25) is 21.8 Å². The van der Waals surface area contributed by atoms with Crippen molar-refractivity contribution in [1.29, 1.82) is 5.41 Å². The Morgan fingerprint density at radius 2 is 1.84 bits per heavy atom. The molecule has 2 fully saturated rings. The number of sulfonamides is 1. The summed E-state index contributed by atoms with van der Waals surface area (Å²) in [5.74, 6) is -0.396. The first-order chi connectivity index (χ1) is 21.2. The molecule has 1 aromatic rings. The molecule has 0 radical (unpaired) electrons. The fourth-order valence-electron chi connectivity index (χ4n) is 5.84. The van der Waals surface area contributed by atoms with E-state index in [2.05, 4.69) is 15.4 Å². The lowest BCUT2D eigenvalue weighted by molar-refractivity contribution is -0.140. The van der Waals surface area contributed by atoms with Crippen LogP contribution >= 0.6 is 11.8 Å². The number of sulfone groups is 1. The molecule has 16 heteroatoms. The number of allylic oxidation sites excluding steroid dienone is 1. The third kappa shape index (κ3) is 10.5. The van der Waals surface area contributed by atoms with Gasteiger partial charge in [0.15, 0.2) is 9.84 Å². The van der Waals surface area contributed by atoms with Gasteiger partial charge in [0.05, 0.1) is 29.1 Å². The van der Waals surface area contributed by atoms with Crippen molar-refractivity contribution in [2.45, 2.75) is 73.5 Å². The number of nitrogens with zero attached hydrogens (tertiary/aromatic N) is 1. The van der Waals surface area contributed by atoms with Crippen LogP contribution < -0.4 is 21.1 Å². The van der Waals surface area contributed by atoms with E-state index >= 15 is 0 Å². The number of carbonyl (C=O) groups excluding carboxylic acids is 2. The second kappa shape index (κ2) is 15.4. The van der Waals surface area contributed by atoms with Gasteiger partial charge in [0.1, 0.15) is 17.9 Å². The minimum absolute atomic E-state index is 0.0741. The topological polar surface area (TPSA) is 201 Å². The Morgan fingerprint density at radius 1 is 1.16 bits per heavy atom. The van der Waals surface area contributed by atoms with Crippen molar-refractivity contribution >= 4 is 49.3 Å². The Hall–Kier alpha value is -2.50. The predicted octanol–water partition coefficient (Wildman–Crippen LogP) is 0.715. The van der Waals surface area contributed by atoms with Crippen molar-refractivity contribution in [2.24, 2.45) is 11.7 Å². The lowest BCUT2D eigenvalue weighted by Gasteiger charge is -2.30. The zero-order chi connectivity index (χ0) is 32.8. The number of nitrogens with one attached hydrogen (secondary N) is 4. The number of likely N-dealkylation sites (tertiary alicyclic amines) is 1. The zero-order valence-corrected chi connectivity index (χ0v) is 28.1. The first kappa shape index (κ1) is 35.4. The number of ether oxygens (including phenoxy) is 1. The van der Waals surface area contributed by atoms with Crippen LogP contribution in [0.2, 0.25) is 0 Å². The third-order valence-corrected chi connectivity index (χ3v) is 11.5. The highest BCUT2D eigenvalue weighted by molar-refractivity contribution is 8.04. The van der Waals surface area contributed by atoms with Gasteiger partial charge < -0.3 is 26.0 Å². The molecule has 0 saturated carbocycles. The molecule has 3 heterocycles. The van der Waals surface area contributed by atoms with Crippen LogP contribution in [-0.2, 0) is 40.8 Å². The summed E-state index contributed by atoms with van der Waals surface area (Å²) in [4.78, 5) is 30.0. The van der Waals surface area contributed by atoms with Crippen LogP contribution in [0.5, 0.6) is 0 Å². The second-order valence-electron chi connectivity index (χ2n) is 12.0. The Labute approximate surface area is 269 Å². The number of benzene rings is 1. The summed E-state index contributed by atoms with van der Waals surface area (Å²) in [5.41, 5.74) is 6.36. The van der Waals surface area contributed by atoms with E-state index in [0.717, 1.165) is 48.9 Å². The molecule has 0 spiro atoms. The normalized spacial score (nSPS) is 23.5. The third-order valence-electron chi connectivity index (χ3n) is 8.30. The highest BCUT2D eigenvalue weighted by Gasteiger charge is 2.43. The monoisotopic (exact) mass is 684 g/mol. The summed E-state index contributed by atoms with van der Waals surface area (Å²) in [7, 11) is -7.06. The van der Waals surface area contributed by atoms with Crippen LogP contribution in [-0.4, -0.2) is 102 Å². The Morgan fingerprint density at radius 3 is 2.44 bits per heavy atom. The average molecular weight is 685 g/mol. The zero-order valence-electron chi connectivity index (χ0n) is 25.7. The summed E-state index contributed by atoms with van der Waals surface area (Å²) in [6.07, 6.45) is 7.29. The predicted molar refractivity (Wildman–Crippen MR) is 174 cm³/mol. The molecule has 2 amide bonds. The van der Waals surface area contributed by atoms with E-state index in [-0.39, 0.29) is 48.0 Å². The van der Waals surface area contributed by atoms with E-state index in [4.69, 9.17) is 15.9 Å². The highest BCUT2D eigenvalue weighted by Crippen LogP contribution is 2.32. The molecular formula is C29H44N6O7S3. The molecule has 4 rings (SSSR count). The summed E-state index contributed by atoms with van der Waals surface area (Å²) in [6.45, 7) is 2.23. The number of piperidine rings is 1. The summed E-state index contributed by atoms with van der Waals surface area (Å²) in [6, 6.07) is 4.43. The van der Waals surface area contributed by atoms with Crippen molar-refractivity contribution in [3.8, 4) is 0 Å². The molecule has 6 N–H and O–H groups in total. The number of amides is 2. The van der Waals surface area contributed by atoms with Crippen LogP contribution in [0.25, 0.3) is 0 Å².